The highest BCUT2D eigenvalue weighted by Crippen LogP contribution is 2.36. The van der Waals surface area contributed by atoms with Gasteiger partial charge in [-0.3, -0.25) is 9.59 Å². The van der Waals surface area contributed by atoms with Gasteiger partial charge in [-0.15, -0.1) is 6.58 Å². The number of rotatable bonds is 10. The average Bonchev–Trinajstić information content (AvgIpc) is 2.69. The normalized spacial score (nSPS) is 10.9. The Bertz CT molecular complexity index is 949. The smallest absolute Gasteiger partial charge is 0.268 e. The number of carbonyl (C=O) groups is 1. The highest BCUT2D eigenvalue weighted by molar-refractivity contribution is 6.03. The van der Waals surface area contributed by atoms with E-state index in [4.69, 9.17) is 14.2 Å². The Morgan fingerprint density at radius 3 is 2.52 bits per heavy atom. The van der Waals surface area contributed by atoms with Gasteiger partial charge in [-0.1, -0.05) is 6.08 Å². The van der Waals surface area contributed by atoms with Crippen molar-refractivity contribution < 1.29 is 24.1 Å². The minimum Gasteiger partial charge on any atom is -0.506 e. The molecule has 1 aromatic carbocycles. The first-order valence-electron chi connectivity index (χ1n) is 9.37. The molecule has 158 valence electrons. The molecule has 1 heterocycles. The quantitative estimate of drug-likeness (QED) is 0.466. The summed E-state index contributed by atoms with van der Waals surface area (Å²) < 4.78 is 17.4. The van der Waals surface area contributed by atoms with Crippen molar-refractivity contribution in [1.29, 1.82) is 0 Å². The molecule has 8 nitrogen and oxygen atoms in total. The average molecular weight is 404 g/mol. The molecule has 0 radical (unpaired) electrons. The van der Waals surface area contributed by atoms with Crippen LogP contribution in [0.15, 0.2) is 29.6 Å². The molecule has 0 aliphatic carbocycles. The van der Waals surface area contributed by atoms with E-state index >= 15 is 0 Å². The zero-order valence-electron chi connectivity index (χ0n) is 17.3. The van der Waals surface area contributed by atoms with Gasteiger partial charge < -0.3 is 29.2 Å². The lowest BCUT2D eigenvalue weighted by Gasteiger charge is -2.16. The molecule has 0 saturated carbocycles. The molecule has 29 heavy (non-hydrogen) atoms. The van der Waals surface area contributed by atoms with Crippen molar-refractivity contribution >= 4 is 16.8 Å². The molecule has 0 aliphatic rings. The van der Waals surface area contributed by atoms with Crippen molar-refractivity contribution in [2.45, 2.75) is 32.9 Å². The molecule has 0 aliphatic heterocycles. The van der Waals surface area contributed by atoms with E-state index in [1.54, 1.807) is 12.1 Å². The summed E-state index contributed by atoms with van der Waals surface area (Å²) in [5, 5.41) is 13.7. The standard InChI is InChI=1S/C21H28N2O6/c1-6-9-23-15-12-17(28-5)16(27-4)11-14(15)19(24)18(21(23)26)20(25)22-8-7-10-29-13(2)3/h6,11-13,24H,1,7-10H2,2-5H3,(H,22,25). The first kappa shape index (κ1) is 22.3. The Morgan fingerprint density at radius 2 is 1.93 bits per heavy atom. The van der Waals surface area contributed by atoms with Gasteiger partial charge in [0.2, 0.25) is 0 Å². The van der Waals surface area contributed by atoms with Crippen molar-refractivity contribution in [3.05, 3.63) is 40.7 Å². The Kier molecular flexibility index (Phi) is 7.67. The Labute approximate surface area is 169 Å². The van der Waals surface area contributed by atoms with Crippen LogP contribution in [-0.2, 0) is 11.3 Å². The van der Waals surface area contributed by atoms with Crippen LogP contribution in [0.3, 0.4) is 0 Å². The van der Waals surface area contributed by atoms with Gasteiger partial charge >= 0.3 is 0 Å². The van der Waals surface area contributed by atoms with Crippen molar-refractivity contribution in [3.8, 4) is 17.2 Å². The maximum atomic E-state index is 13.0. The fourth-order valence-corrected chi connectivity index (χ4v) is 2.96. The van der Waals surface area contributed by atoms with E-state index in [2.05, 4.69) is 11.9 Å². The van der Waals surface area contributed by atoms with Gasteiger partial charge in [0.05, 0.1) is 25.8 Å². The molecule has 1 amide bonds. The number of ether oxygens (including phenoxy) is 3. The fraction of sp³-hybridized carbons (Fsp3) is 0.429. The van der Waals surface area contributed by atoms with Crippen LogP contribution in [-0.4, -0.2) is 49.1 Å². The number of fused-ring (bicyclic) bond motifs is 1. The molecule has 0 bridgehead atoms. The van der Waals surface area contributed by atoms with Gasteiger partial charge in [-0.25, -0.2) is 0 Å². The van der Waals surface area contributed by atoms with E-state index in [0.29, 0.717) is 42.0 Å². The molecular weight excluding hydrogens is 376 g/mol. The van der Waals surface area contributed by atoms with Gasteiger partial charge in [0.1, 0.15) is 11.3 Å². The Hall–Kier alpha value is -3.00. The lowest BCUT2D eigenvalue weighted by atomic mass is 10.1. The number of hydrogen-bond acceptors (Lipinski definition) is 6. The predicted octanol–water partition coefficient (Wildman–Crippen LogP) is 2.46. The summed E-state index contributed by atoms with van der Waals surface area (Å²) in [5.74, 6) is -0.274. The lowest BCUT2D eigenvalue weighted by Crippen LogP contribution is -2.34. The number of methoxy groups -OCH3 is 2. The molecule has 8 heteroatoms. The number of benzene rings is 1. The number of amides is 1. The van der Waals surface area contributed by atoms with Crippen LogP contribution >= 0.6 is 0 Å². The summed E-state index contributed by atoms with van der Waals surface area (Å²) in [4.78, 5) is 25.6. The second kappa shape index (κ2) is 9.97. The summed E-state index contributed by atoms with van der Waals surface area (Å²) >= 11 is 0. The SMILES string of the molecule is C=CCn1c(=O)c(C(=O)NCCCOC(C)C)c(O)c2cc(OC)c(OC)cc21. The van der Waals surface area contributed by atoms with Crippen LogP contribution in [0.25, 0.3) is 10.9 Å². The Morgan fingerprint density at radius 1 is 1.28 bits per heavy atom. The monoisotopic (exact) mass is 404 g/mol. The first-order chi connectivity index (χ1) is 13.8. The molecule has 2 N–H and O–H groups in total. The maximum Gasteiger partial charge on any atom is 0.268 e. The van der Waals surface area contributed by atoms with E-state index < -0.39 is 17.2 Å². The van der Waals surface area contributed by atoms with Crippen LogP contribution in [0.5, 0.6) is 17.2 Å². The minimum absolute atomic E-state index is 0.105. The van der Waals surface area contributed by atoms with E-state index in [0.717, 1.165) is 0 Å². The number of carbonyl (C=O) groups excluding carboxylic acids is 1. The largest absolute Gasteiger partial charge is 0.506 e. The Balaban J connectivity index is 2.48. The van der Waals surface area contributed by atoms with Gasteiger partial charge in [0.15, 0.2) is 11.5 Å². The summed E-state index contributed by atoms with van der Waals surface area (Å²) in [5.41, 5.74) is -0.527. The second-order valence-electron chi connectivity index (χ2n) is 6.68. The van der Waals surface area contributed by atoms with Gasteiger partial charge in [-0.2, -0.15) is 0 Å². The summed E-state index contributed by atoms with van der Waals surface area (Å²) in [6, 6.07) is 3.12. The number of hydrogen-bond donors (Lipinski definition) is 2. The predicted molar refractivity (Wildman–Crippen MR) is 111 cm³/mol. The highest BCUT2D eigenvalue weighted by Gasteiger charge is 2.23. The zero-order valence-corrected chi connectivity index (χ0v) is 17.3. The van der Waals surface area contributed by atoms with Gasteiger partial charge in [0.25, 0.3) is 11.5 Å². The van der Waals surface area contributed by atoms with Crippen molar-refractivity contribution in [2.75, 3.05) is 27.4 Å². The van der Waals surface area contributed by atoms with E-state index in [1.165, 1.54) is 24.9 Å². The van der Waals surface area contributed by atoms with Gasteiger partial charge in [0, 0.05) is 31.1 Å². The summed E-state index contributed by atoms with van der Waals surface area (Å²) in [7, 11) is 2.94. The third-order valence-corrected chi connectivity index (χ3v) is 4.34. The fourth-order valence-electron chi connectivity index (χ4n) is 2.96. The van der Waals surface area contributed by atoms with Crippen LogP contribution < -0.4 is 20.3 Å². The lowest BCUT2D eigenvalue weighted by molar-refractivity contribution is 0.0756. The minimum atomic E-state index is -0.647. The van der Waals surface area contributed by atoms with Crippen LogP contribution in [0.4, 0.5) is 0 Å². The number of nitrogens with zero attached hydrogens (tertiary/aromatic N) is 1. The van der Waals surface area contributed by atoms with Crippen molar-refractivity contribution in [3.63, 3.8) is 0 Å². The summed E-state index contributed by atoms with van der Waals surface area (Å²) in [6.07, 6.45) is 2.23. The molecule has 2 rings (SSSR count). The molecular formula is C21H28N2O6. The summed E-state index contributed by atoms with van der Waals surface area (Å²) in [6.45, 7) is 8.49. The number of aromatic nitrogens is 1. The molecule has 0 unspecified atom stereocenters. The highest BCUT2D eigenvalue weighted by atomic mass is 16.5. The van der Waals surface area contributed by atoms with E-state index in [-0.39, 0.29) is 18.2 Å². The van der Waals surface area contributed by atoms with Gasteiger partial charge in [-0.05, 0) is 26.3 Å². The van der Waals surface area contributed by atoms with Crippen LogP contribution in [0, 0.1) is 0 Å². The number of aromatic hydroxyl groups is 1. The van der Waals surface area contributed by atoms with E-state index in [1.807, 2.05) is 13.8 Å². The second-order valence-corrected chi connectivity index (χ2v) is 6.68. The molecule has 0 fully saturated rings. The molecule has 0 atom stereocenters. The van der Waals surface area contributed by atoms with E-state index in [9.17, 15) is 14.7 Å². The number of pyridine rings is 1. The maximum absolute atomic E-state index is 13.0. The topological polar surface area (TPSA) is 99.0 Å². The molecule has 1 aromatic heterocycles. The third kappa shape index (κ3) is 4.89. The number of allylic oxidation sites excluding steroid dienone is 1. The van der Waals surface area contributed by atoms with Crippen molar-refractivity contribution in [2.24, 2.45) is 0 Å². The van der Waals surface area contributed by atoms with Crippen molar-refractivity contribution in [1.82, 2.24) is 9.88 Å². The zero-order chi connectivity index (χ0) is 21.6. The van der Waals surface area contributed by atoms with Crippen LogP contribution in [0.1, 0.15) is 30.6 Å². The third-order valence-electron chi connectivity index (χ3n) is 4.34. The molecule has 2 aromatic rings. The molecule has 0 spiro atoms. The number of nitrogens with one attached hydrogen (secondary N) is 1. The molecule has 0 saturated heterocycles. The first-order valence-corrected chi connectivity index (χ1v) is 9.37. The van der Waals surface area contributed by atoms with Crippen LogP contribution in [0.2, 0.25) is 0 Å².